The predicted octanol–water partition coefficient (Wildman–Crippen LogP) is -1.46. The molecular weight excluding hydrogens is 202 g/mol. The summed E-state index contributed by atoms with van der Waals surface area (Å²) in [4.78, 5) is 18.5. The van der Waals surface area contributed by atoms with E-state index >= 15 is 0 Å². The third-order valence-electron chi connectivity index (χ3n) is 1.65. The van der Waals surface area contributed by atoms with Crippen LogP contribution in [0.4, 0.5) is 0 Å². The highest BCUT2D eigenvalue weighted by Gasteiger charge is 2.12. The number of hydrogen-bond acceptors (Lipinski definition) is 6. The van der Waals surface area contributed by atoms with E-state index in [1.807, 2.05) is 0 Å². The highest BCUT2D eigenvalue weighted by molar-refractivity contribution is 5.89. The van der Waals surface area contributed by atoms with E-state index in [1.165, 1.54) is 11.5 Å². The van der Waals surface area contributed by atoms with Crippen LogP contribution in [0.2, 0.25) is 0 Å². The van der Waals surface area contributed by atoms with Gasteiger partial charge >= 0.3 is 5.91 Å². The van der Waals surface area contributed by atoms with E-state index in [1.54, 1.807) is 0 Å². The molecule has 0 aliphatic rings. The first-order valence-corrected chi connectivity index (χ1v) is 3.94. The molecule has 2 aromatic rings. The maximum atomic E-state index is 10.9. The maximum Gasteiger partial charge on any atom is 0.314 e. The topological polar surface area (TPSA) is 113 Å². The van der Waals surface area contributed by atoms with Gasteiger partial charge in [-0.25, -0.2) is 10.5 Å². The number of aliphatic hydroxyl groups excluding tert-OH is 1. The van der Waals surface area contributed by atoms with Gasteiger partial charge in [0.25, 0.3) is 5.78 Å². The summed E-state index contributed by atoms with van der Waals surface area (Å²) in [5.74, 6) is -0.934. The molecule has 0 bridgehead atoms. The summed E-state index contributed by atoms with van der Waals surface area (Å²) >= 11 is 0. The monoisotopic (exact) mass is 208 g/mol. The van der Waals surface area contributed by atoms with Crippen molar-refractivity contribution in [3.8, 4) is 0 Å². The number of carbonyl (C=O) groups excluding carboxylic acids is 1. The summed E-state index contributed by atoms with van der Waals surface area (Å²) < 4.78 is 1.14. The SMILES string of the molecule is O=C(NO)c1nc2nc(CO)c[c]n2n1. The number of carbonyl (C=O) groups is 1. The fourth-order valence-corrected chi connectivity index (χ4v) is 0.986. The summed E-state index contributed by atoms with van der Waals surface area (Å²) in [5.41, 5.74) is 1.77. The van der Waals surface area contributed by atoms with Gasteiger partial charge in [0.1, 0.15) is 0 Å². The number of aromatic nitrogens is 4. The minimum absolute atomic E-state index is 0.125. The summed E-state index contributed by atoms with van der Waals surface area (Å²) in [6, 6.07) is 1.42. The Kier molecular flexibility index (Phi) is 2.27. The third kappa shape index (κ3) is 1.63. The average Bonchev–Trinajstić information content (AvgIpc) is 2.70. The van der Waals surface area contributed by atoms with Crippen molar-refractivity contribution < 1.29 is 15.1 Å². The Morgan fingerprint density at radius 2 is 2.40 bits per heavy atom. The van der Waals surface area contributed by atoms with Crippen LogP contribution in [0.15, 0.2) is 6.07 Å². The zero-order chi connectivity index (χ0) is 10.8. The Balaban J connectivity index is 2.51. The summed E-state index contributed by atoms with van der Waals surface area (Å²) in [6.45, 7) is -0.249. The highest BCUT2D eigenvalue weighted by Crippen LogP contribution is 2.00. The Labute approximate surface area is 83.2 Å². The molecule has 77 valence electrons. The number of nitrogens with zero attached hydrogens (tertiary/aromatic N) is 4. The van der Waals surface area contributed by atoms with Crippen molar-refractivity contribution in [3.63, 3.8) is 0 Å². The predicted molar refractivity (Wildman–Crippen MR) is 44.8 cm³/mol. The van der Waals surface area contributed by atoms with E-state index in [9.17, 15) is 4.79 Å². The van der Waals surface area contributed by atoms with Gasteiger partial charge in [0.2, 0.25) is 5.82 Å². The molecule has 0 atom stereocenters. The van der Waals surface area contributed by atoms with Crippen molar-refractivity contribution in [2.75, 3.05) is 0 Å². The van der Waals surface area contributed by atoms with Crippen LogP contribution >= 0.6 is 0 Å². The smallest absolute Gasteiger partial charge is 0.314 e. The van der Waals surface area contributed by atoms with Crippen molar-refractivity contribution in [1.29, 1.82) is 0 Å². The van der Waals surface area contributed by atoms with Gasteiger partial charge in [-0.1, -0.05) is 0 Å². The second kappa shape index (κ2) is 3.59. The van der Waals surface area contributed by atoms with Gasteiger partial charge in [-0.2, -0.15) is 9.50 Å². The van der Waals surface area contributed by atoms with Crippen molar-refractivity contribution in [2.24, 2.45) is 0 Å². The van der Waals surface area contributed by atoms with Crippen molar-refractivity contribution in [3.05, 3.63) is 23.8 Å². The van der Waals surface area contributed by atoms with E-state index in [0.29, 0.717) is 5.69 Å². The van der Waals surface area contributed by atoms with Crippen LogP contribution < -0.4 is 5.48 Å². The number of aliphatic hydroxyl groups is 1. The van der Waals surface area contributed by atoms with Gasteiger partial charge < -0.3 is 5.11 Å². The number of hydrogen-bond donors (Lipinski definition) is 3. The molecule has 0 saturated carbocycles. The molecule has 8 heteroatoms. The Hall–Kier alpha value is -2.06. The molecule has 3 N–H and O–H groups in total. The highest BCUT2D eigenvalue weighted by atomic mass is 16.5. The number of hydroxylamine groups is 1. The molecule has 2 rings (SSSR count). The second-order valence-electron chi connectivity index (χ2n) is 2.62. The normalized spacial score (nSPS) is 10.5. The van der Waals surface area contributed by atoms with Crippen LogP contribution in [-0.2, 0) is 6.61 Å². The van der Waals surface area contributed by atoms with E-state index in [2.05, 4.69) is 21.3 Å². The molecule has 15 heavy (non-hydrogen) atoms. The Morgan fingerprint density at radius 3 is 3.07 bits per heavy atom. The molecule has 0 saturated heterocycles. The number of amides is 1. The molecule has 2 heterocycles. The number of rotatable bonds is 2. The Morgan fingerprint density at radius 1 is 1.60 bits per heavy atom. The number of nitrogens with one attached hydrogen (secondary N) is 1. The van der Waals surface area contributed by atoms with Gasteiger partial charge in [-0.05, 0) is 6.07 Å². The lowest BCUT2D eigenvalue weighted by atomic mass is 10.4. The van der Waals surface area contributed by atoms with Crippen LogP contribution in [0, 0.1) is 6.20 Å². The van der Waals surface area contributed by atoms with E-state index in [4.69, 9.17) is 10.3 Å². The van der Waals surface area contributed by atoms with Crippen molar-refractivity contribution >= 4 is 11.7 Å². The van der Waals surface area contributed by atoms with Crippen molar-refractivity contribution in [2.45, 2.75) is 6.61 Å². The molecule has 8 nitrogen and oxygen atoms in total. The first kappa shape index (κ1) is 9.49. The molecule has 0 unspecified atom stereocenters. The summed E-state index contributed by atoms with van der Waals surface area (Å²) in [6.07, 6.45) is 2.63. The van der Waals surface area contributed by atoms with E-state index in [0.717, 1.165) is 4.52 Å². The molecule has 0 aliphatic heterocycles. The second-order valence-corrected chi connectivity index (χ2v) is 2.62. The van der Waals surface area contributed by atoms with Crippen molar-refractivity contribution in [1.82, 2.24) is 25.1 Å². The molecular formula is C7H6N5O3. The minimum atomic E-state index is -0.834. The van der Waals surface area contributed by atoms with Crippen LogP contribution in [0.25, 0.3) is 5.78 Å². The zero-order valence-electron chi connectivity index (χ0n) is 7.38. The summed E-state index contributed by atoms with van der Waals surface area (Å²) in [7, 11) is 0. The lowest BCUT2D eigenvalue weighted by Crippen LogP contribution is -2.20. The van der Waals surface area contributed by atoms with E-state index in [-0.39, 0.29) is 18.2 Å². The molecule has 1 radical (unpaired) electrons. The zero-order valence-corrected chi connectivity index (χ0v) is 7.38. The van der Waals surface area contributed by atoms with Gasteiger partial charge in [-0.15, -0.1) is 5.10 Å². The Bertz CT molecular complexity index is 508. The van der Waals surface area contributed by atoms with E-state index < -0.39 is 5.91 Å². The fourth-order valence-electron chi connectivity index (χ4n) is 0.986. The van der Waals surface area contributed by atoms with Crippen LogP contribution in [0.5, 0.6) is 0 Å². The average molecular weight is 208 g/mol. The van der Waals surface area contributed by atoms with Gasteiger partial charge in [0, 0.05) is 0 Å². The van der Waals surface area contributed by atoms with Gasteiger partial charge in [-0.3, -0.25) is 10.0 Å². The number of fused-ring (bicyclic) bond motifs is 1. The molecule has 0 spiro atoms. The van der Waals surface area contributed by atoms with Gasteiger partial charge in [0.05, 0.1) is 18.5 Å². The molecule has 0 fully saturated rings. The standard InChI is InChI=1S/C7H6N5O3/c13-3-4-1-2-12-7(8-4)9-5(10-12)6(14)11-15/h1,13,15H,3H2,(H,11,14). The van der Waals surface area contributed by atoms with Crippen LogP contribution in [-0.4, -0.2) is 35.8 Å². The molecule has 1 amide bonds. The maximum absolute atomic E-state index is 10.9. The first-order valence-electron chi connectivity index (χ1n) is 3.94. The molecule has 0 aromatic carbocycles. The third-order valence-corrected chi connectivity index (χ3v) is 1.65. The lowest BCUT2D eigenvalue weighted by molar-refractivity contribution is 0.0695. The fraction of sp³-hybridized carbons (Fsp3) is 0.143. The minimum Gasteiger partial charge on any atom is -0.390 e. The quantitative estimate of drug-likeness (QED) is 0.410. The molecule has 2 aromatic heterocycles. The summed E-state index contributed by atoms with van der Waals surface area (Å²) in [5, 5.41) is 20.8. The van der Waals surface area contributed by atoms with Gasteiger partial charge in [0.15, 0.2) is 0 Å². The van der Waals surface area contributed by atoms with Crippen LogP contribution in [0.3, 0.4) is 0 Å². The molecule has 0 aliphatic carbocycles. The van der Waals surface area contributed by atoms with Crippen LogP contribution in [0.1, 0.15) is 16.3 Å². The lowest BCUT2D eigenvalue weighted by Gasteiger charge is -1.92. The first-order chi connectivity index (χ1) is 7.24. The largest absolute Gasteiger partial charge is 0.390 e.